The molecule has 4 aliphatic heterocycles. The van der Waals surface area contributed by atoms with E-state index in [1.807, 2.05) is 0 Å². The van der Waals surface area contributed by atoms with E-state index in [-0.39, 0.29) is 59.7 Å². The highest BCUT2D eigenvalue weighted by Crippen LogP contribution is 2.44. The number of nitrogens with one attached hydrogen (secondary N) is 1. The molecule has 0 aliphatic carbocycles. The molecule has 0 spiro atoms. The third kappa shape index (κ3) is 4.41. The first-order valence-electron chi connectivity index (χ1n) is 15.3. The summed E-state index contributed by atoms with van der Waals surface area (Å²) in [5.74, 6) is -0.745. The van der Waals surface area contributed by atoms with Crippen LogP contribution in [-0.2, 0) is 0 Å². The Labute approximate surface area is 252 Å². The number of hydrogen-bond donors (Lipinski definition) is 2. The van der Waals surface area contributed by atoms with Crippen molar-refractivity contribution in [3.05, 3.63) is 42.0 Å². The van der Waals surface area contributed by atoms with Crippen molar-refractivity contribution in [1.29, 1.82) is 0 Å². The van der Waals surface area contributed by atoms with Gasteiger partial charge in [0.25, 0.3) is 0 Å². The van der Waals surface area contributed by atoms with E-state index in [2.05, 4.69) is 32.0 Å². The van der Waals surface area contributed by atoms with Gasteiger partial charge >= 0.3 is 6.01 Å². The molecule has 2 aromatic carbocycles. The van der Waals surface area contributed by atoms with E-state index in [0.29, 0.717) is 48.0 Å². The summed E-state index contributed by atoms with van der Waals surface area (Å²) in [5.41, 5.74) is -0.398. The van der Waals surface area contributed by atoms with Gasteiger partial charge in [-0.05, 0) is 60.8 Å². The van der Waals surface area contributed by atoms with Crippen molar-refractivity contribution in [2.75, 3.05) is 44.3 Å². The lowest BCUT2D eigenvalue weighted by molar-refractivity contribution is 0.107. The van der Waals surface area contributed by atoms with Crippen molar-refractivity contribution < 1.29 is 27.8 Å². The Kier molecular flexibility index (Phi) is 6.49. The molecule has 8 rings (SSSR count). The van der Waals surface area contributed by atoms with Crippen molar-refractivity contribution in [2.45, 2.75) is 56.4 Å². The average Bonchev–Trinajstić information content (AvgIpc) is 3.49. The minimum Gasteiger partial charge on any atom is -0.508 e. The fraction of sp³-hybridized carbons (Fsp3) is 0.469. The average molecular weight is 607 g/mol. The van der Waals surface area contributed by atoms with Crippen LogP contribution in [0.15, 0.2) is 30.3 Å². The number of phenolic OH excluding ortho intramolecular Hbond substituents is 1. The number of ether oxygens (including phenoxy) is 2. The number of benzene rings is 2. The first-order valence-corrected chi connectivity index (χ1v) is 15.3. The Morgan fingerprint density at radius 2 is 2.05 bits per heavy atom. The van der Waals surface area contributed by atoms with Crippen LogP contribution in [0, 0.1) is 11.6 Å². The van der Waals surface area contributed by atoms with E-state index in [0.717, 1.165) is 25.8 Å². The first-order chi connectivity index (χ1) is 21.3. The van der Waals surface area contributed by atoms with E-state index in [1.165, 1.54) is 30.3 Å². The number of nitrogens with zero attached hydrogens (tertiary/aromatic N) is 5. The van der Waals surface area contributed by atoms with Crippen LogP contribution < -0.4 is 19.7 Å². The lowest BCUT2D eigenvalue weighted by Gasteiger charge is -2.39. The second-order valence-electron chi connectivity index (χ2n) is 12.5. The number of piperazine rings is 1. The van der Waals surface area contributed by atoms with Gasteiger partial charge in [0, 0.05) is 37.7 Å². The predicted octanol–water partition coefficient (Wildman–Crippen LogP) is 4.73. The maximum Gasteiger partial charge on any atom is 0.319 e. The van der Waals surface area contributed by atoms with Crippen LogP contribution >= 0.6 is 0 Å². The monoisotopic (exact) mass is 606 g/mol. The summed E-state index contributed by atoms with van der Waals surface area (Å²) in [6, 6.07) is 7.03. The standard InChI is InChI=1S/C32H33F3N6O3/c1-2-20-14-41-21(12-36-20)15-43-30-25-28(26(35)27(37-30)24-10-22(42)8-17-4-5-18(33)9-23(17)24)38-31(39-29(25)41)44-16-32-6-3-7-40(32)13-19(34)11-32/h4-5,8-10,19-21,36,42H,2-3,6-7,11-16H2,1H3/t19-,20-,21+,32+/m1/s1. The van der Waals surface area contributed by atoms with Gasteiger partial charge in [0.05, 0.1) is 11.6 Å². The van der Waals surface area contributed by atoms with Gasteiger partial charge in [0.15, 0.2) is 5.82 Å². The van der Waals surface area contributed by atoms with Gasteiger partial charge in [-0.2, -0.15) is 9.97 Å². The Balaban J connectivity index is 1.31. The van der Waals surface area contributed by atoms with Crippen LogP contribution in [0.3, 0.4) is 0 Å². The molecule has 2 N–H and O–H groups in total. The lowest BCUT2D eigenvalue weighted by Crippen LogP contribution is -2.58. The number of aromatic nitrogens is 3. The summed E-state index contributed by atoms with van der Waals surface area (Å²) < 4.78 is 58.1. The third-order valence-electron chi connectivity index (χ3n) is 9.78. The van der Waals surface area contributed by atoms with Crippen molar-refractivity contribution in [3.63, 3.8) is 0 Å². The number of halogens is 3. The zero-order valence-corrected chi connectivity index (χ0v) is 24.3. The SMILES string of the molecule is CC[C@@H]1CN2c3nc(OC[C@@]45CCCN4C[C@H](F)C5)nc4c(F)c(-c5cc(O)cc6ccc(F)cc56)nc(c34)OC[C@@H]2CN1. The van der Waals surface area contributed by atoms with E-state index < -0.39 is 23.3 Å². The molecule has 3 saturated heterocycles. The van der Waals surface area contributed by atoms with Crippen molar-refractivity contribution >= 4 is 27.5 Å². The molecule has 44 heavy (non-hydrogen) atoms. The zero-order valence-electron chi connectivity index (χ0n) is 24.3. The highest BCUT2D eigenvalue weighted by molar-refractivity contribution is 6.02. The maximum atomic E-state index is 16.8. The van der Waals surface area contributed by atoms with Crippen molar-refractivity contribution in [1.82, 2.24) is 25.2 Å². The smallest absolute Gasteiger partial charge is 0.319 e. The van der Waals surface area contributed by atoms with E-state index in [1.54, 1.807) is 0 Å². The molecule has 9 nitrogen and oxygen atoms in total. The predicted molar refractivity (Wildman–Crippen MR) is 159 cm³/mol. The Morgan fingerprint density at radius 3 is 2.91 bits per heavy atom. The minimum atomic E-state index is -0.915. The highest BCUT2D eigenvalue weighted by atomic mass is 19.1. The molecule has 2 aromatic heterocycles. The van der Waals surface area contributed by atoms with Gasteiger partial charge in [-0.15, -0.1) is 0 Å². The number of aromatic hydroxyl groups is 1. The van der Waals surface area contributed by atoms with E-state index in [9.17, 15) is 13.9 Å². The van der Waals surface area contributed by atoms with Gasteiger partial charge in [-0.25, -0.2) is 18.2 Å². The number of fused-ring (bicyclic) bond motifs is 4. The summed E-state index contributed by atoms with van der Waals surface area (Å²) >= 11 is 0. The molecule has 0 bridgehead atoms. The Hall–Kier alpha value is -3.90. The van der Waals surface area contributed by atoms with Gasteiger partial charge in [-0.3, -0.25) is 4.90 Å². The van der Waals surface area contributed by atoms with Gasteiger partial charge in [0.1, 0.15) is 53.4 Å². The van der Waals surface area contributed by atoms with Crippen LogP contribution in [-0.4, -0.2) is 88.1 Å². The minimum absolute atomic E-state index is 0.00271. The van der Waals surface area contributed by atoms with Crippen LogP contribution in [0.2, 0.25) is 0 Å². The molecule has 4 aliphatic rings. The summed E-state index contributed by atoms with van der Waals surface area (Å²) in [5, 5.41) is 15.3. The largest absolute Gasteiger partial charge is 0.508 e. The normalized spacial score (nSPS) is 26.5. The molecule has 12 heteroatoms. The first kappa shape index (κ1) is 27.6. The highest BCUT2D eigenvalue weighted by Gasteiger charge is 2.49. The Bertz CT molecular complexity index is 1790. The van der Waals surface area contributed by atoms with E-state index in [4.69, 9.17) is 14.5 Å². The molecule has 0 amide bonds. The molecule has 0 radical (unpaired) electrons. The molecule has 0 unspecified atom stereocenters. The Morgan fingerprint density at radius 1 is 1.16 bits per heavy atom. The van der Waals surface area contributed by atoms with Crippen molar-refractivity contribution in [3.8, 4) is 28.9 Å². The molecular weight excluding hydrogens is 573 g/mol. The topological polar surface area (TPSA) is 95.9 Å². The maximum absolute atomic E-state index is 16.8. The second-order valence-corrected chi connectivity index (χ2v) is 12.5. The number of anilines is 1. The number of rotatable bonds is 5. The number of pyridine rings is 1. The number of hydrogen-bond acceptors (Lipinski definition) is 9. The summed E-state index contributed by atoms with van der Waals surface area (Å²) in [6.07, 6.45) is 2.13. The van der Waals surface area contributed by atoms with Crippen LogP contribution in [0.4, 0.5) is 19.0 Å². The summed E-state index contributed by atoms with van der Waals surface area (Å²) in [7, 11) is 0. The molecule has 6 heterocycles. The fourth-order valence-electron chi connectivity index (χ4n) is 7.54. The second kappa shape index (κ2) is 10.3. The summed E-state index contributed by atoms with van der Waals surface area (Å²) in [4.78, 5) is 18.3. The molecule has 0 saturated carbocycles. The quantitative estimate of drug-likeness (QED) is 0.334. The molecular formula is C32H33F3N6O3. The number of alkyl halides is 1. The lowest BCUT2D eigenvalue weighted by atomic mass is 9.95. The third-order valence-corrected chi connectivity index (χ3v) is 9.78. The van der Waals surface area contributed by atoms with Crippen LogP contribution in [0.25, 0.3) is 32.9 Å². The zero-order chi connectivity index (χ0) is 30.2. The molecule has 4 aromatic rings. The molecule has 3 fully saturated rings. The fourth-order valence-corrected chi connectivity index (χ4v) is 7.54. The molecule has 230 valence electrons. The molecule has 4 atom stereocenters. The number of phenols is 1. The van der Waals surface area contributed by atoms with Gasteiger partial charge < -0.3 is 24.8 Å². The van der Waals surface area contributed by atoms with Gasteiger partial charge in [0.2, 0.25) is 5.88 Å². The van der Waals surface area contributed by atoms with Crippen LogP contribution in [0.1, 0.15) is 32.6 Å². The van der Waals surface area contributed by atoms with Gasteiger partial charge in [-0.1, -0.05) is 13.0 Å². The van der Waals surface area contributed by atoms with Crippen molar-refractivity contribution in [2.24, 2.45) is 0 Å². The summed E-state index contributed by atoms with van der Waals surface area (Å²) in [6.45, 7) is 5.03. The van der Waals surface area contributed by atoms with E-state index >= 15 is 4.39 Å². The van der Waals surface area contributed by atoms with Crippen LogP contribution in [0.5, 0.6) is 17.6 Å².